The molecule has 1 aliphatic rings. The maximum absolute atomic E-state index is 6.08. The van der Waals surface area contributed by atoms with E-state index in [1.165, 1.54) is 11.9 Å². The Bertz CT molecular complexity index is 477. The van der Waals surface area contributed by atoms with Crippen LogP contribution in [0.3, 0.4) is 0 Å². The van der Waals surface area contributed by atoms with Gasteiger partial charge in [0, 0.05) is 4.90 Å². The number of hydrogen-bond acceptors (Lipinski definition) is 5. The average Bonchev–Trinajstić information content (AvgIpc) is 2.58. The quantitative estimate of drug-likeness (QED) is 0.681. The van der Waals surface area contributed by atoms with Crippen molar-refractivity contribution in [3.8, 4) is 5.75 Å². The molecular weight excluding hydrogens is 273 g/mol. The van der Waals surface area contributed by atoms with E-state index < -0.39 is 0 Å². The summed E-state index contributed by atoms with van der Waals surface area (Å²) < 4.78 is 20.6. The van der Waals surface area contributed by atoms with Crippen LogP contribution in [0.1, 0.15) is 27.7 Å². The van der Waals surface area contributed by atoms with E-state index in [4.69, 9.17) is 14.0 Å². The van der Waals surface area contributed by atoms with Crippen LogP contribution in [0.25, 0.3) is 0 Å². The van der Waals surface area contributed by atoms with Gasteiger partial charge in [0.1, 0.15) is 5.75 Å². The second-order valence-electron chi connectivity index (χ2n) is 5.84. The van der Waals surface area contributed by atoms with Gasteiger partial charge in [0.25, 0.3) is 0 Å². The molecule has 1 saturated heterocycles. The summed E-state index contributed by atoms with van der Waals surface area (Å²) >= 11 is 1.54. The molecular formula is C14H22BNO3S. The molecule has 1 aromatic carbocycles. The van der Waals surface area contributed by atoms with Crippen molar-refractivity contribution in [3.63, 3.8) is 0 Å². The fourth-order valence-corrected chi connectivity index (χ4v) is 2.61. The molecule has 0 spiro atoms. The molecule has 0 radical (unpaired) electrons. The van der Waals surface area contributed by atoms with Gasteiger partial charge in [0.05, 0.1) is 18.3 Å². The Labute approximate surface area is 125 Å². The summed E-state index contributed by atoms with van der Waals surface area (Å²) in [5.41, 5.74) is 0.300. The van der Waals surface area contributed by atoms with E-state index in [9.17, 15) is 0 Å². The molecule has 1 aromatic rings. The minimum absolute atomic E-state index is 0.336. The molecule has 0 amide bonds. The molecule has 20 heavy (non-hydrogen) atoms. The van der Waals surface area contributed by atoms with Crippen LogP contribution in [0.5, 0.6) is 5.75 Å². The van der Waals surface area contributed by atoms with Crippen LogP contribution in [0.2, 0.25) is 0 Å². The zero-order chi connectivity index (χ0) is 15.0. The first-order valence-electron chi connectivity index (χ1n) is 6.67. The summed E-state index contributed by atoms with van der Waals surface area (Å²) in [6.07, 6.45) is 0. The maximum Gasteiger partial charge on any atom is 0.495 e. The maximum atomic E-state index is 6.08. The molecule has 0 aliphatic carbocycles. The van der Waals surface area contributed by atoms with Crippen molar-refractivity contribution in [1.82, 2.24) is 4.72 Å². The SMILES string of the molecule is CNSc1cc(OC)cc(B2OC(C)(C)C(C)(C)O2)c1. The Hall–Kier alpha value is -0.685. The number of ether oxygens (including phenoxy) is 1. The van der Waals surface area contributed by atoms with E-state index in [0.717, 1.165) is 16.1 Å². The average molecular weight is 295 g/mol. The lowest BCUT2D eigenvalue weighted by molar-refractivity contribution is 0.00578. The number of rotatable bonds is 4. The topological polar surface area (TPSA) is 39.7 Å². The predicted octanol–water partition coefficient (Wildman–Crippen LogP) is 2.22. The molecule has 4 nitrogen and oxygen atoms in total. The summed E-state index contributed by atoms with van der Waals surface area (Å²) in [4.78, 5) is 1.07. The largest absolute Gasteiger partial charge is 0.497 e. The van der Waals surface area contributed by atoms with E-state index in [1.807, 2.05) is 19.2 Å². The Kier molecular flexibility index (Phi) is 4.40. The zero-order valence-electron chi connectivity index (χ0n) is 12.9. The van der Waals surface area contributed by atoms with Gasteiger partial charge in [0.15, 0.2) is 0 Å². The van der Waals surface area contributed by atoms with Crippen LogP contribution in [0.15, 0.2) is 23.1 Å². The molecule has 0 saturated carbocycles. The molecule has 1 heterocycles. The van der Waals surface area contributed by atoms with Crippen molar-refractivity contribution in [1.29, 1.82) is 0 Å². The number of methoxy groups -OCH3 is 1. The Morgan fingerprint density at radius 1 is 1.10 bits per heavy atom. The molecule has 0 bridgehead atoms. The fraction of sp³-hybridized carbons (Fsp3) is 0.571. The minimum atomic E-state index is -0.369. The van der Waals surface area contributed by atoms with Crippen LogP contribution in [0, 0.1) is 0 Å². The van der Waals surface area contributed by atoms with Gasteiger partial charge < -0.3 is 14.0 Å². The summed E-state index contributed by atoms with van der Waals surface area (Å²) in [6.45, 7) is 8.21. The van der Waals surface area contributed by atoms with Gasteiger partial charge in [-0.1, -0.05) is 0 Å². The van der Waals surface area contributed by atoms with Gasteiger partial charge in [-0.25, -0.2) is 0 Å². The van der Waals surface area contributed by atoms with Crippen molar-refractivity contribution in [2.75, 3.05) is 14.2 Å². The van der Waals surface area contributed by atoms with Crippen LogP contribution in [-0.4, -0.2) is 32.5 Å². The lowest BCUT2D eigenvalue weighted by atomic mass is 9.79. The van der Waals surface area contributed by atoms with Crippen LogP contribution in [-0.2, 0) is 9.31 Å². The third-order valence-electron chi connectivity index (χ3n) is 3.88. The predicted molar refractivity (Wildman–Crippen MR) is 83.6 cm³/mol. The molecule has 2 rings (SSSR count). The Morgan fingerprint density at radius 3 is 2.20 bits per heavy atom. The lowest BCUT2D eigenvalue weighted by Gasteiger charge is -2.32. The first kappa shape index (κ1) is 15.7. The van der Waals surface area contributed by atoms with Crippen molar-refractivity contribution in [3.05, 3.63) is 18.2 Å². The van der Waals surface area contributed by atoms with E-state index in [0.29, 0.717) is 0 Å². The highest BCUT2D eigenvalue weighted by atomic mass is 32.2. The van der Waals surface area contributed by atoms with Crippen molar-refractivity contribution in [2.45, 2.75) is 43.8 Å². The van der Waals surface area contributed by atoms with Gasteiger partial charge in [0.2, 0.25) is 0 Å². The van der Waals surface area contributed by atoms with Crippen molar-refractivity contribution in [2.24, 2.45) is 0 Å². The van der Waals surface area contributed by atoms with E-state index in [1.54, 1.807) is 7.11 Å². The van der Waals surface area contributed by atoms with Crippen LogP contribution >= 0.6 is 11.9 Å². The highest BCUT2D eigenvalue weighted by Gasteiger charge is 2.51. The molecule has 1 aliphatic heterocycles. The lowest BCUT2D eigenvalue weighted by Crippen LogP contribution is -2.41. The number of hydrogen-bond donors (Lipinski definition) is 1. The van der Waals surface area contributed by atoms with Gasteiger partial charge in [-0.3, -0.25) is 4.72 Å². The van der Waals surface area contributed by atoms with E-state index >= 15 is 0 Å². The van der Waals surface area contributed by atoms with Crippen LogP contribution < -0.4 is 14.9 Å². The third-order valence-corrected chi connectivity index (χ3v) is 4.56. The Morgan fingerprint density at radius 2 is 1.70 bits per heavy atom. The van der Waals surface area contributed by atoms with Crippen LogP contribution in [0.4, 0.5) is 0 Å². The zero-order valence-corrected chi connectivity index (χ0v) is 13.8. The highest BCUT2D eigenvalue weighted by molar-refractivity contribution is 7.97. The minimum Gasteiger partial charge on any atom is -0.497 e. The smallest absolute Gasteiger partial charge is 0.495 e. The molecule has 1 fully saturated rings. The summed E-state index contributed by atoms with van der Waals surface area (Å²) in [5.74, 6) is 0.801. The molecule has 0 aromatic heterocycles. The molecule has 0 atom stereocenters. The molecule has 110 valence electrons. The van der Waals surface area contributed by atoms with Crippen molar-refractivity contribution < 1.29 is 14.0 Å². The van der Waals surface area contributed by atoms with Gasteiger partial charge in [-0.05, 0) is 70.4 Å². The van der Waals surface area contributed by atoms with E-state index in [2.05, 4.69) is 38.5 Å². The molecule has 1 N–H and O–H groups in total. The highest BCUT2D eigenvalue weighted by Crippen LogP contribution is 2.37. The summed E-state index contributed by atoms with van der Waals surface area (Å²) in [6, 6.07) is 6.00. The second-order valence-corrected chi connectivity index (χ2v) is 6.92. The normalized spacial score (nSPS) is 20.2. The first-order chi connectivity index (χ1) is 9.29. The number of benzene rings is 1. The molecule has 0 unspecified atom stereocenters. The summed E-state index contributed by atoms with van der Waals surface area (Å²) in [5, 5.41) is 0. The first-order valence-corrected chi connectivity index (χ1v) is 7.49. The third kappa shape index (κ3) is 2.98. The second kappa shape index (κ2) is 5.60. The molecule has 6 heteroatoms. The number of nitrogens with one attached hydrogen (secondary N) is 1. The standard InChI is InChI=1S/C14H22BNO3S/c1-13(2)14(3,4)19-15(18-13)10-7-11(17-6)9-12(8-10)20-16-5/h7-9,16H,1-6H3. The van der Waals surface area contributed by atoms with Crippen molar-refractivity contribution >= 4 is 24.5 Å². The fourth-order valence-electron chi connectivity index (χ4n) is 2.00. The monoisotopic (exact) mass is 295 g/mol. The Balaban J connectivity index is 2.31. The van der Waals surface area contributed by atoms with Gasteiger partial charge >= 0.3 is 7.12 Å². The van der Waals surface area contributed by atoms with E-state index in [-0.39, 0.29) is 18.3 Å². The summed E-state index contributed by atoms with van der Waals surface area (Å²) in [7, 11) is 3.18. The van der Waals surface area contributed by atoms with Gasteiger partial charge in [-0.2, -0.15) is 0 Å². The van der Waals surface area contributed by atoms with Gasteiger partial charge in [-0.15, -0.1) is 0 Å².